The van der Waals surface area contributed by atoms with Crippen LogP contribution < -0.4 is 10.1 Å². The Morgan fingerprint density at radius 2 is 2.21 bits per heavy atom. The Morgan fingerprint density at radius 3 is 2.89 bits per heavy atom. The summed E-state index contributed by atoms with van der Waals surface area (Å²) >= 11 is 5.92. The van der Waals surface area contributed by atoms with Gasteiger partial charge in [0.25, 0.3) is 0 Å². The first-order chi connectivity index (χ1) is 9.26. The summed E-state index contributed by atoms with van der Waals surface area (Å²) in [6.07, 6.45) is 4.86. The summed E-state index contributed by atoms with van der Waals surface area (Å²) in [5.41, 5.74) is 1.24. The second kappa shape index (κ2) is 4.69. The molecule has 0 atom stereocenters. The first-order valence-corrected chi connectivity index (χ1v) is 5.78. The summed E-state index contributed by atoms with van der Waals surface area (Å²) < 4.78 is 6.53. The predicted molar refractivity (Wildman–Crippen MR) is 69.9 cm³/mol. The molecule has 0 aromatic carbocycles. The molecule has 3 rings (SSSR count). The largest absolute Gasteiger partial charge is 0.481 e. The molecule has 0 unspecified atom stereocenters. The SMILES string of the molecule is COc1ccc(Nc2nc3c(Cl)nccn3n2)cn1. The summed E-state index contributed by atoms with van der Waals surface area (Å²) in [6, 6.07) is 3.56. The van der Waals surface area contributed by atoms with Crippen molar-refractivity contribution in [3.05, 3.63) is 35.9 Å². The van der Waals surface area contributed by atoms with Crippen molar-refractivity contribution in [3.63, 3.8) is 0 Å². The van der Waals surface area contributed by atoms with Gasteiger partial charge in [0, 0.05) is 18.5 Å². The quantitative estimate of drug-likeness (QED) is 0.787. The maximum absolute atomic E-state index is 5.92. The average Bonchev–Trinajstić information content (AvgIpc) is 2.84. The van der Waals surface area contributed by atoms with E-state index in [4.69, 9.17) is 16.3 Å². The minimum absolute atomic E-state index is 0.302. The van der Waals surface area contributed by atoms with Crippen molar-refractivity contribution in [2.24, 2.45) is 0 Å². The molecule has 0 bridgehead atoms. The van der Waals surface area contributed by atoms with Crippen molar-refractivity contribution in [3.8, 4) is 5.88 Å². The normalized spacial score (nSPS) is 10.6. The standard InChI is InChI=1S/C11H9ClN6O/c1-19-8-3-2-7(6-14-8)15-11-16-10-9(12)13-4-5-18(10)17-11/h2-6H,1H3,(H,15,17). The molecule has 0 saturated heterocycles. The van der Waals surface area contributed by atoms with Gasteiger partial charge in [-0.1, -0.05) is 11.6 Å². The second-order valence-electron chi connectivity index (χ2n) is 3.64. The molecule has 1 N–H and O–H groups in total. The van der Waals surface area contributed by atoms with Gasteiger partial charge < -0.3 is 10.1 Å². The monoisotopic (exact) mass is 276 g/mol. The van der Waals surface area contributed by atoms with Crippen LogP contribution in [0.1, 0.15) is 0 Å². The van der Waals surface area contributed by atoms with E-state index < -0.39 is 0 Å². The summed E-state index contributed by atoms with van der Waals surface area (Å²) in [4.78, 5) is 12.3. The molecule has 0 aliphatic carbocycles. The molecule has 0 amide bonds. The van der Waals surface area contributed by atoms with E-state index >= 15 is 0 Å². The van der Waals surface area contributed by atoms with Gasteiger partial charge in [0.15, 0.2) is 10.8 Å². The number of nitrogens with one attached hydrogen (secondary N) is 1. The lowest BCUT2D eigenvalue weighted by Gasteiger charge is -2.01. The van der Waals surface area contributed by atoms with Crippen LogP contribution in [0.25, 0.3) is 5.65 Å². The fourth-order valence-electron chi connectivity index (χ4n) is 1.54. The fraction of sp³-hybridized carbons (Fsp3) is 0.0909. The van der Waals surface area contributed by atoms with Crippen LogP contribution in [0.2, 0.25) is 5.15 Å². The Bertz CT molecular complexity index is 711. The third-order valence-electron chi connectivity index (χ3n) is 2.41. The van der Waals surface area contributed by atoms with E-state index in [9.17, 15) is 0 Å². The zero-order chi connectivity index (χ0) is 13.2. The molecule has 0 saturated carbocycles. The molecular weight excluding hydrogens is 268 g/mol. The van der Waals surface area contributed by atoms with E-state index in [1.165, 1.54) is 0 Å². The first kappa shape index (κ1) is 11.7. The Hall–Kier alpha value is -2.41. The van der Waals surface area contributed by atoms with Gasteiger partial charge in [0.2, 0.25) is 11.8 Å². The Morgan fingerprint density at radius 1 is 1.32 bits per heavy atom. The van der Waals surface area contributed by atoms with Crippen LogP contribution in [0.15, 0.2) is 30.7 Å². The van der Waals surface area contributed by atoms with Crippen molar-refractivity contribution in [2.75, 3.05) is 12.4 Å². The lowest BCUT2D eigenvalue weighted by Crippen LogP contribution is -1.94. The zero-order valence-electron chi connectivity index (χ0n) is 9.91. The Kier molecular flexibility index (Phi) is 2.88. The van der Waals surface area contributed by atoms with Crippen molar-refractivity contribution < 1.29 is 4.74 Å². The highest BCUT2D eigenvalue weighted by Crippen LogP contribution is 2.17. The van der Waals surface area contributed by atoms with Gasteiger partial charge in [-0.25, -0.2) is 14.5 Å². The van der Waals surface area contributed by atoms with Crippen molar-refractivity contribution in [1.29, 1.82) is 0 Å². The van der Waals surface area contributed by atoms with Gasteiger partial charge in [-0.05, 0) is 6.07 Å². The lowest BCUT2D eigenvalue weighted by molar-refractivity contribution is 0.398. The van der Waals surface area contributed by atoms with E-state index in [1.807, 2.05) is 6.07 Å². The van der Waals surface area contributed by atoms with E-state index in [0.29, 0.717) is 22.6 Å². The fourth-order valence-corrected chi connectivity index (χ4v) is 1.73. The van der Waals surface area contributed by atoms with E-state index in [-0.39, 0.29) is 0 Å². The molecule has 3 aromatic heterocycles. The average molecular weight is 277 g/mol. The third-order valence-corrected chi connectivity index (χ3v) is 2.68. The van der Waals surface area contributed by atoms with Gasteiger partial charge in [0.1, 0.15) is 0 Å². The molecule has 8 heteroatoms. The number of hydrogen-bond donors (Lipinski definition) is 1. The summed E-state index contributed by atoms with van der Waals surface area (Å²) in [7, 11) is 1.56. The van der Waals surface area contributed by atoms with Crippen molar-refractivity contribution >= 4 is 28.9 Å². The molecule has 0 aliphatic rings. The van der Waals surface area contributed by atoms with E-state index in [2.05, 4.69) is 25.4 Å². The molecule has 0 fully saturated rings. The molecule has 0 radical (unpaired) electrons. The summed E-state index contributed by atoms with van der Waals surface area (Å²) in [6.45, 7) is 0. The molecule has 3 aromatic rings. The summed E-state index contributed by atoms with van der Waals surface area (Å²) in [5, 5.41) is 7.55. The van der Waals surface area contributed by atoms with Crippen LogP contribution in [0.3, 0.4) is 0 Å². The molecule has 0 spiro atoms. The number of methoxy groups -OCH3 is 1. The van der Waals surface area contributed by atoms with E-state index in [1.54, 1.807) is 36.3 Å². The zero-order valence-corrected chi connectivity index (χ0v) is 10.7. The highest BCUT2D eigenvalue weighted by Gasteiger charge is 2.07. The van der Waals surface area contributed by atoms with Crippen LogP contribution in [0, 0.1) is 0 Å². The Balaban J connectivity index is 1.90. The van der Waals surface area contributed by atoms with Crippen LogP contribution in [0.5, 0.6) is 5.88 Å². The minimum Gasteiger partial charge on any atom is -0.481 e. The van der Waals surface area contributed by atoms with Crippen LogP contribution >= 0.6 is 11.6 Å². The Labute approximate surface area is 113 Å². The molecule has 3 heterocycles. The summed E-state index contributed by atoms with van der Waals surface area (Å²) in [5.74, 6) is 0.961. The highest BCUT2D eigenvalue weighted by atomic mass is 35.5. The van der Waals surface area contributed by atoms with Gasteiger partial charge >= 0.3 is 0 Å². The molecule has 96 valence electrons. The number of ether oxygens (including phenoxy) is 1. The van der Waals surface area contributed by atoms with E-state index in [0.717, 1.165) is 5.69 Å². The maximum Gasteiger partial charge on any atom is 0.247 e. The minimum atomic E-state index is 0.302. The number of hydrogen-bond acceptors (Lipinski definition) is 6. The lowest BCUT2D eigenvalue weighted by atomic mass is 10.4. The number of nitrogens with zero attached hydrogens (tertiary/aromatic N) is 5. The molecule has 0 aliphatic heterocycles. The number of aromatic nitrogens is 5. The number of rotatable bonds is 3. The second-order valence-corrected chi connectivity index (χ2v) is 3.99. The van der Waals surface area contributed by atoms with Gasteiger partial charge in [-0.15, -0.1) is 5.10 Å². The maximum atomic E-state index is 5.92. The first-order valence-electron chi connectivity index (χ1n) is 5.40. The number of fused-ring (bicyclic) bond motifs is 1. The number of anilines is 2. The van der Waals surface area contributed by atoms with Gasteiger partial charge in [-0.2, -0.15) is 4.98 Å². The van der Waals surface area contributed by atoms with Crippen molar-refractivity contribution in [1.82, 2.24) is 24.6 Å². The predicted octanol–water partition coefficient (Wildman–Crippen LogP) is 1.92. The topological polar surface area (TPSA) is 77.2 Å². The number of pyridine rings is 1. The van der Waals surface area contributed by atoms with Crippen LogP contribution in [-0.4, -0.2) is 31.7 Å². The molecular formula is C11H9ClN6O. The smallest absolute Gasteiger partial charge is 0.247 e. The van der Waals surface area contributed by atoms with Gasteiger partial charge in [-0.3, -0.25) is 0 Å². The molecule has 7 nitrogen and oxygen atoms in total. The highest BCUT2D eigenvalue weighted by molar-refractivity contribution is 6.32. The van der Waals surface area contributed by atoms with Crippen LogP contribution in [-0.2, 0) is 0 Å². The number of halogens is 1. The van der Waals surface area contributed by atoms with Crippen LogP contribution in [0.4, 0.5) is 11.6 Å². The third kappa shape index (κ3) is 2.27. The van der Waals surface area contributed by atoms with Gasteiger partial charge in [0.05, 0.1) is 19.0 Å². The molecule has 19 heavy (non-hydrogen) atoms. The van der Waals surface area contributed by atoms with Crippen molar-refractivity contribution in [2.45, 2.75) is 0 Å².